The Bertz CT molecular complexity index is 1330. The van der Waals surface area contributed by atoms with E-state index in [1.54, 1.807) is 29.1 Å². The van der Waals surface area contributed by atoms with E-state index in [4.69, 9.17) is 11.6 Å². The van der Waals surface area contributed by atoms with Gasteiger partial charge in [0.2, 0.25) is 16.9 Å². The van der Waals surface area contributed by atoms with Crippen molar-refractivity contribution in [2.75, 3.05) is 10.6 Å². The van der Waals surface area contributed by atoms with Crippen molar-refractivity contribution in [3.8, 4) is 5.13 Å². The Kier molecular flexibility index (Phi) is 3.25. The van der Waals surface area contributed by atoms with Gasteiger partial charge in [0.15, 0.2) is 0 Å². The summed E-state index contributed by atoms with van der Waals surface area (Å²) >= 11 is 7.68. The van der Waals surface area contributed by atoms with Gasteiger partial charge in [0, 0.05) is 22.7 Å². The van der Waals surface area contributed by atoms with Crippen molar-refractivity contribution < 1.29 is 9.59 Å². The summed E-state index contributed by atoms with van der Waals surface area (Å²) in [5.74, 6) is -0.0543. The highest BCUT2D eigenvalue weighted by molar-refractivity contribution is 7.20. The molecule has 2 aromatic carbocycles. The van der Waals surface area contributed by atoms with Gasteiger partial charge in [-0.05, 0) is 35.9 Å². The van der Waals surface area contributed by atoms with Crippen LogP contribution in [-0.2, 0) is 15.0 Å². The van der Waals surface area contributed by atoms with Crippen molar-refractivity contribution in [2.24, 2.45) is 0 Å². The predicted octanol–water partition coefficient (Wildman–Crippen LogP) is 3.72. The Hall–Kier alpha value is -3.23. The zero-order valence-electron chi connectivity index (χ0n) is 14.8. The molecule has 2 aliphatic rings. The number of para-hydroxylation sites is 1. The topological polar surface area (TPSA) is 88.9 Å². The van der Waals surface area contributed by atoms with Crippen LogP contribution in [0.5, 0.6) is 0 Å². The summed E-state index contributed by atoms with van der Waals surface area (Å²) in [5.41, 5.74) is 1.68. The third-order valence-corrected chi connectivity index (χ3v) is 6.70. The number of hydrogen-bond donors (Lipinski definition) is 2. The number of hydrogen-bond acceptors (Lipinski definition) is 5. The van der Waals surface area contributed by atoms with E-state index >= 15 is 0 Å². The van der Waals surface area contributed by atoms with Crippen LogP contribution in [0.2, 0.25) is 5.02 Å². The first-order chi connectivity index (χ1) is 14.1. The molecule has 0 radical (unpaired) electrons. The molecule has 0 unspecified atom stereocenters. The molecule has 4 heterocycles. The smallest absolute Gasteiger partial charge is 0.240 e. The Balaban J connectivity index is 1.60. The fraction of sp³-hybridized carbons (Fsp3) is 0.100. The second kappa shape index (κ2) is 5.65. The number of fused-ring (bicyclic) bond motifs is 5. The number of anilines is 2. The summed E-state index contributed by atoms with van der Waals surface area (Å²) in [6.07, 6.45) is 1.63. The van der Waals surface area contributed by atoms with Crippen molar-refractivity contribution >= 4 is 56.5 Å². The van der Waals surface area contributed by atoms with Crippen molar-refractivity contribution in [2.45, 2.75) is 11.8 Å². The standard InChI is InChI=1S/C20H12ClN5O2S/c21-10-5-6-13-11(7-10)20(18(28)23-13)8-16(27)25-17-12(20)9-22-26(17)19-24-14-3-1-2-4-15(14)29-19/h1-7,9H,8H2,(H,23,28)(H,25,27)/t20-/m1/s1. The molecule has 4 aromatic rings. The summed E-state index contributed by atoms with van der Waals surface area (Å²) in [7, 11) is 0. The predicted molar refractivity (Wildman–Crippen MR) is 111 cm³/mol. The maximum Gasteiger partial charge on any atom is 0.240 e. The minimum atomic E-state index is -1.16. The average molecular weight is 422 g/mol. The van der Waals surface area contributed by atoms with Crippen LogP contribution in [0.1, 0.15) is 17.5 Å². The lowest BCUT2D eigenvalue weighted by Gasteiger charge is -2.31. The first-order valence-electron chi connectivity index (χ1n) is 8.92. The molecule has 0 fully saturated rings. The molecule has 1 spiro atoms. The van der Waals surface area contributed by atoms with Gasteiger partial charge in [-0.15, -0.1) is 0 Å². The molecule has 6 rings (SSSR count). The molecule has 0 bridgehead atoms. The van der Waals surface area contributed by atoms with Gasteiger partial charge in [-0.3, -0.25) is 9.59 Å². The third-order valence-electron chi connectivity index (χ3n) is 5.45. The number of nitrogens with one attached hydrogen (secondary N) is 2. The monoisotopic (exact) mass is 421 g/mol. The van der Waals surface area contributed by atoms with Gasteiger partial charge in [0.1, 0.15) is 11.2 Å². The molecular weight excluding hydrogens is 410 g/mol. The summed E-state index contributed by atoms with van der Waals surface area (Å²) in [6.45, 7) is 0. The normalized spacial score (nSPS) is 19.9. The number of carbonyl (C=O) groups excluding carboxylic acids is 2. The van der Waals surface area contributed by atoms with E-state index in [2.05, 4.69) is 20.7 Å². The van der Waals surface area contributed by atoms with E-state index in [0.29, 0.717) is 32.8 Å². The number of aromatic nitrogens is 3. The Morgan fingerprint density at radius 2 is 1.97 bits per heavy atom. The molecule has 2 aliphatic heterocycles. The summed E-state index contributed by atoms with van der Waals surface area (Å²) in [5, 5.41) is 11.4. The van der Waals surface area contributed by atoms with Crippen molar-refractivity contribution in [1.29, 1.82) is 0 Å². The number of thiazole rings is 1. The minimum absolute atomic E-state index is 0.00921. The second-order valence-corrected chi connectivity index (χ2v) is 8.50. The van der Waals surface area contributed by atoms with Crippen LogP contribution in [0, 0.1) is 0 Å². The van der Waals surface area contributed by atoms with Gasteiger partial charge in [-0.2, -0.15) is 9.78 Å². The molecule has 2 aromatic heterocycles. The molecule has 7 nitrogen and oxygen atoms in total. The van der Waals surface area contributed by atoms with E-state index in [9.17, 15) is 9.59 Å². The molecular formula is C20H12ClN5O2S. The molecule has 1 atom stereocenters. The van der Waals surface area contributed by atoms with Crippen LogP contribution in [-0.4, -0.2) is 26.6 Å². The van der Waals surface area contributed by atoms with Crippen LogP contribution in [0.4, 0.5) is 11.5 Å². The summed E-state index contributed by atoms with van der Waals surface area (Å²) < 4.78 is 2.61. The Labute approximate surface area is 173 Å². The Morgan fingerprint density at radius 1 is 1.10 bits per heavy atom. The third kappa shape index (κ3) is 2.18. The second-order valence-electron chi connectivity index (χ2n) is 7.06. The van der Waals surface area contributed by atoms with Crippen molar-refractivity contribution in [3.63, 3.8) is 0 Å². The number of amides is 2. The van der Waals surface area contributed by atoms with Crippen LogP contribution < -0.4 is 10.6 Å². The highest BCUT2D eigenvalue weighted by atomic mass is 35.5. The highest BCUT2D eigenvalue weighted by Gasteiger charge is 2.54. The maximum atomic E-state index is 13.1. The summed E-state index contributed by atoms with van der Waals surface area (Å²) in [6, 6.07) is 13.0. The highest BCUT2D eigenvalue weighted by Crippen LogP contribution is 2.50. The molecule has 9 heteroatoms. The van der Waals surface area contributed by atoms with Gasteiger partial charge >= 0.3 is 0 Å². The van der Waals surface area contributed by atoms with Gasteiger partial charge in [0.05, 0.1) is 16.4 Å². The van der Waals surface area contributed by atoms with E-state index in [1.165, 1.54) is 11.3 Å². The van der Waals surface area contributed by atoms with E-state index in [1.807, 2.05) is 24.3 Å². The number of rotatable bonds is 1. The van der Waals surface area contributed by atoms with E-state index in [-0.39, 0.29) is 18.2 Å². The van der Waals surface area contributed by atoms with Gasteiger partial charge in [0.25, 0.3) is 0 Å². The fourth-order valence-electron chi connectivity index (χ4n) is 4.16. The molecule has 2 N–H and O–H groups in total. The SMILES string of the molecule is O=C1C[C@]2(C(=O)Nc3ccc(Cl)cc32)c2cnn(-c3nc4ccccc4s3)c2N1. The minimum Gasteiger partial charge on any atom is -0.325 e. The summed E-state index contributed by atoms with van der Waals surface area (Å²) in [4.78, 5) is 30.5. The number of nitrogens with zero attached hydrogens (tertiary/aromatic N) is 3. The quantitative estimate of drug-likeness (QED) is 0.490. The zero-order valence-corrected chi connectivity index (χ0v) is 16.3. The largest absolute Gasteiger partial charge is 0.325 e. The lowest BCUT2D eigenvalue weighted by Crippen LogP contribution is -2.43. The molecule has 0 aliphatic carbocycles. The average Bonchev–Trinajstić information content (AvgIpc) is 3.37. The van der Waals surface area contributed by atoms with Crippen molar-refractivity contribution in [1.82, 2.24) is 14.8 Å². The van der Waals surface area contributed by atoms with E-state index in [0.717, 1.165) is 10.2 Å². The number of carbonyl (C=O) groups is 2. The fourth-order valence-corrected chi connectivity index (χ4v) is 5.26. The van der Waals surface area contributed by atoms with Gasteiger partial charge < -0.3 is 10.6 Å². The molecule has 0 saturated heterocycles. The van der Waals surface area contributed by atoms with Gasteiger partial charge in [-0.25, -0.2) is 4.98 Å². The van der Waals surface area contributed by atoms with Crippen molar-refractivity contribution in [3.05, 3.63) is 64.8 Å². The van der Waals surface area contributed by atoms with E-state index < -0.39 is 5.41 Å². The number of halogens is 1. The maximum absolute atomic E-state index is 13.1. The molecule has 29 heavy (non-hydrogen) atoms. The number of benzene rings is 2. The van der Waals surface area contributed by atoms with Gasteiger partial charge in [-0.1, -0.05) is 35.1 Å². The lowest BCUT2D eigenvalue weighted by molar-refractivity contribution is -0.125. The van der Waals surface area contributed by atoms with Crippen LogP contribution in [0.3, 0.4) is 0 Å². The molecule has 2 amide bonds. The first-order valence-corrected chi connectivity index (χ1v) is 10.1. The van der Waals surface area contributed by atoms with Crippen LogP contribution in [0.15, 0.2) is 48.7 Å². The molecule has 0 saturated carbocycles. The zero-order chi connectivity index (χ0) is 19.8. The first kappa shape index (κ1) is 16.7. The Morgan fingerprint density at radius 3 is 2.83 bits per heavy atom. The molecule has 142 valence electrons. The van der Waals surface area contributed by atoms with Crippen LogP contribution >= 0.6 is 22.9 Å². The van der Waals surface area contributed by atoms with Crippen LogP contribution in [0.25, 0.3) is 15.3 Å². The lowest BCUT2D eigenvalue weighted by atomic mass is 9.72.